The monoisotopic (exact) mass is 338 g/mol. The van der Waals surface area contributed by atoms with Crippen molar-refractivity contribution in [2.45, 2.75) is 44.3 Å². The second-order valence-corrected chi connectivity index (χ2v) is 9.23. The molecule has 1 saturated carbocycles. The molecule has 0 unspecified atom stereocenters. The van der Waals surface area contributed by atoms with Crippen LogP contribution in [-0.2, 0) is 0 Å². The van der Waals surface area contributed by atoms with Crippen LogP contribution < -0.4 is 0 Å². The van der Waals surface area contributed by atoms with Crippen LogP contribution in [0.4, 0.5) is 4.39 Å². The Morgan fingerprint density at radius 3 is 2.21 bits per heavy atom. The van der Waals surface area contributed by atoms with Crippen molar-refractivity contribution in [3.05, 3.63) is 0 Å². The third-order valence-corrected chi connectivity index (χ3v) is 6.83. The maximum atomic E-state index is 14.9. The van der Waals surface area contributed by atoms with Crippen LogP contribution in [-0.4, -0.2) is 104 Å². The summed E-state index contributed by atoms with van der Waals surface area (Å²) in [7, 11) is 2.16. The largest absolute Gasteiger partial charge is 0.304 e. The molecule has 3 heterocycles. The lowest BCUT2D eigenvalue weighted by Crippen LogP contribution is -2.72. The van der Waals surface area contributed by atoms with Gasteiger partial charge in [-0.25, -0.2) is 4.39 Å². The molecule has 4 aliphatic rings. The van der Waals surface area contributed by atoms with E-state index in [9.17, 15) is 4.39 Å². The van der Waals surface area contributed by atoms with Crippen molar-refractivity contribution < 1.29 is 4.39 Å². The van der Waals surface area contributed by atoms with Crippen molar-refractivity contribution in [2.75, 3.05) is 72.5 Å². The lowest BCUT2D eigenvalue weighted by atomic mass is 9.90. The molecule has 4 nitrogen and oxygen atoms in total. The lowest BCUT2D eigenvalue weighted by molar-refractivity contribution is -0.111. The molecule has 0 aromatic rings. The zero-order chi connectivity index (χ0) is 16.8. The van der Waals surface area contributed by atoms with Gasteiger partial charge in [-0.3, -0.25) is 14.7 Å². The molecular weight excluding hydrogens is 303 g/mol. The van der Waals surface area contributed by atoms with Crippen molar-refractivity contribution in [3.8, 4) is 0 Å². The first-order chi connectivity index (χ1) is 11.5. The van der Waals surface area contributed by atoms with E-state index in [1.165, 1.54) is 45.3 Å². The van der Waals surface area contributed by atoms with Crippen molar-refractivity contribution in [1.82, 2.24) is 19.6 Å². The number of likely N-dealkylation sites (N-methyl/N-ethyl adjacent to an activating group) is 1. The number of likely N-dealkylation sites (tertiary alicyclic amines) is 2. The Kier molecular flexibility index (Phi) is 4.65. The first-order valence-electron chi connectivity index (χ1n) is 10.1. The molecule has 0 N–H and O–H groups in total. The first-order valence-corrected chi connectivity index (χ1v) is 10.1. The van der Waals surface area contributed by atoms with Gasteiger partial charge in [-0.15, -0.1) is 0 Å². The van der Waals surface area contributed by atoms with Crippen LogP contribution in [0.2, 0.25) is 0 Å². The lowest BCUT2D eigenvalue weighted by Gasteiger charge is -2.55. The molecular formula is C19H35FN4. The average Bonchev–Trinajstić information content (AvgIpc) is 3.23. The standard InChI is InChI=1S/C19H35FN4/c1-3-4-18(5-6-18)13-23-11-17(12-23)24-15-19(20,16-24)14-22-9-7-21(2)8-10-22/h17H,3-16H2,1-2H3. The van der Waals surface area contributed by atoms with Crippen LogP contribution in [0.15, 0.2) is 0 Å². The van der Waals surface area contributed by atoms with Gasteiger partial charge in [0.1, 0.15) is 5.67 Å². The maximum Gasteiger partial charge on any atom is 0.148 e. The highest BCUT2D eigenvalue weighted by Gasteiger charge is 2.51. The van der Waals surface area contributed by atoms with Gasteiger partial charge in [-0.1, -0.05) is 13.3 Å². The van der Waals surface area contributed by atoms with Crippen molar-refractivity contribution in [1.29, 1.82) is 0 Å². The number of nitrogens with zero attached hydrogens (tertiary/aromatic N) is 4. The van der Waals surface area contributed by atoms with Crippen LogP contribution in [0, 0.1) is 5.41 Å². The van der Waals surface area contributed by atoms with Gasteiger partial charge >= 0.3 is 0 Å². The highest BCUT2D eigenvalue weighted by molar-refractivity contribution is 5.06. The maximum absolute atomic E-state index is 14.9. The number of rotatable bonds is 7. The summed E-state index contributed by atoms with van der Waals surface area (Å²) in [5, 5.41) is 0. The summed E-state index contributed by atoms with van der Waals surface area (Å²) in [6.45, 7) is 12.1. The third kappa shape index (κ3) is 3.64. The predicted molar refractivity (Wildman–Crippen MR) is 96.2 cm³/mol. The van der Waals surface area contributed by atoms with Gasteiger partial charge in [-0.2, -0.15) is 0 Å². The van der Waals surface area contributed by atoms with E-state index in [0.29, 0.717) is 31.1 Å². The Labute approximate surface area is 146 Å². The fourth-order valence-corrected chi connectivity index (χ4v) is 5.02. The van der Waals surface area contributed by atoms with Gasteiger partial charge in [0.15, 0.2) is 0 Å². The van der Waals surface area contributed by atoms with Gasteiger partial charge < -0.3 is 4.90 Å². The van der Waals surface area contributed by atoms with E-state index >= 15 is 0 Å². The fraction of sp³-hybridized carbons (Fsp3) is 1.00. The van der Waals surface area contributed by atoms with Crippen molar-refractivity contribution in [2.24, 2.45) is 5.41 Å². The summed E-state index contributed by atoms with van der Waals surface area (Å²) >= 11 is 0. The molecule has 0 aromatic heterocycles. The Morgan fingerprint density at radius 2 is 1.62 bits per heavy atom. The topological polar surface area (TPSA) is 13.0 Å². The molecule has 0 spiro atoms. The van der Waals surface area contributed by atoms with Crippen molar-refractivity contribution in [3.63, 3.8) is 0 Å². The van der Waals surface area contributed by atoms with E-state index in [-0.39, 0.29) is 0 Å². The van der Waals surface area contributed by atoms with Crippen LogP contribution >= 0.6 is 0 Å². The van der Waals surface area contributed by atoms with Gasteiger partial charge in [0.25, 0.3) is 0 Å². The number of halogens is 1. The molecule has 0 aromatic carbocycles. The zero-order valence-corrected chi connectivity index (χ0v) is 15.6. The van der Waals surface area contributed by atoms with E-state index in [0.717, 1.165) is 26.2 Å². The van der Waals surface area contributed by atoms with Gasteiger partial charge in [0.05, 0.1) is 0 Å². The molecule has 3 aliphatic heterocycles. The van der Waals surface area contributed by atoms with E-state index in [1.54, 1.807) is 0 Å². The Bertz CT molecular complexity index is 433. The Balaban J connectivity index is 1.15. The second kappa shape index (κ2) is 6.49. The molecule has 5 heteroatoms. The minimum Gasteiger partial charge on any atom is -0.304 e. The average molecular weight is 339 g/mol. The highest BCUT2D eigenvalue weighted by Crippen LogP contribution is 2.50. The number of hydrogen-bond acceptors (Lipinski definition) is 4. The molecule has 4 fully saturated rings. The van der Waals surface area contributed by atoms with Gasteiger partial charge in [0, 0.05) is 71.5 Å². The van der Waals surface area contributed by atoms with Crippen LogP contribution in [0.3, 0.4) is 0 Å². The minimum atomic E-state index is -0.948. The molecule has 0 amide bonds. The molecule has 1 aliphatic carbocycles. The third-order valence-electron chi connectivity index (χ3n) is 6.83. The molecule has 0 radical (unpaired) electrons. The quantitative estimate of drug-likeness (QED) is 0.698. The normalized spacial score (nSPS) is 31.6. The minimum absolute atomic E-state index is 0.624. The summed E-state index contributed by atoms with van der Waals surface area (Å²) in [6.07, 6.45) is 5.59. The second-order valence-electron chi connectivity index (χ2n) is 9.23. The Morgan fingerprint density at radius 1 is 0.958 bits per heavy atom. The summed E-state index contributed by atoms with van der Waals surface area (Å²) in [6, 6.07) is 0.624. The SMILES string of the molecule is CCCC1(CN2CC(N3CC(F)(CN4CCN(C)CC4)C3)C2)CC1. The number of piperazine rings is 1. The summed E-state index contributed by atoms with van der Waals surface area (Å²) < 4.78 is 14.9. The van der Waals surface area contributed by atoms with Crippen molar-refractivity contribution >= 4 is 0 Å². The number of alkyl halides is 1. The summed E-state index contributed by atoms with van der Waals surface area (Å²) in [5.41, 5.74) is -0.282. The fourth-order valence-electron chi connectivity index (χ4n) is 5.02. The van der Waals surface area contributed by atoms with Crippen LogP contribution in [0.1, 0.15) is 32.6 Å². The van der Waals surface area contributed by atoms with Gasteiger partial charge in [0.2, 0.25) is 0 Å². The molecule has 24 heavy (non-hydrogen) atoms. The van der Waals surface area contributed by atoms with Gasteiger partial charge in [-0.05, 0) is 31.7 Å². The molecule has 0 atom stereocenters. The van der Waals surface area contributed by atoms with E-state index in [1.807, 2.05) is 0 Å². The molecule has 3 saturated heterocycles. The molecule has 0 bridgehead atoms. The number of hydrogen-bond donors (Lipinski definition) is 0. The van der Waals surface area contributed by atoms with Crippen LogP contribution in [0.25, 0.3) is 0 Å². The zero-order valence-electron chi connectivity index (χ0n) is 15.6. The first kappa shape index (κ1) is 17.2. The highest BCUT2D eigenvalue weighted by atomic mass is 19.1. The summed E-state index contributed by atoms with van der Waals surface area (Å²) in [5.74, 6) is 0. The summed E-state index contributed by atoms with van der Waals surface area (Å²) in [4.78, 5) is 9.67. The molecule has 4 rings (SSSR count). The smallest absolute Gasteiger partial charge is 0.148 e. The van der Waals surface area contributed by atoms with E-state index in [2.05, 4.69) is 33.6 Å². The Hall–Kier alpha value is -0.230. The van der Waals surface area contributed by atoms with E-state index < -0.39 is 5.67 Å². The molecule has 138 valence electrons. The van der Waals surface area contributed by atoms with E-state index in [4.69, 9.17) is 0 Å². The van der Waals surface area contributed by atoms with Crippen LogP contribution in [0.5, 0.6) is 0 Å². The predicted octanol–water partition coefficient (Wildman–Crippen LogP) is 1.52.